The molecule has 0 unspecified atom stereocenters. The number of thioether (sulfide) groups is 1. The molecule has 4 heteroatoms. The zero-order chi connectivity index (χ0) is 11.5. The highest BCUT2D eigenvalue weighted by atomic mass is 32.2. The van der Waals surface area contributed by atoms with E-state index in [9.17, 15) is 8.78 Å². The van der Waals surface area contributed by atoms with E-state index in [1.807, 2.05) is 11.8 Å². The van der Waals surface area contributed by atoms with E-state index in [2.05, 4.69) is 11.6 Å². The van der Waals surface area contributed by atoms with Crippen molar-refractivity contribution in [3.05, 3.63) is 0 Å². The van der Waals surface area contributed by atoms with Gasteiger partial charge in [0.1, 0.15) is 0 Å². The Kier molecular flexibility index (Phi) is 4.48. The Morgan fingerprint density at radius 1 is 1.12 bits per heavy atom. The smallest absolute Gasteiger partial charge is 0.241 e. The number of alkyl halides is 2. The summed E-state index contributed by atoms with van der Waals surface area (Å²) in [4.78, 5) is 0. The Morgan fingerprint density at radius 3 is 2.50 bits per heavy atom. The standard InChI is InChI=1S/C12H21F2NS/c1-16-11-4-2-3-9(7-11)15-10-5-8(6-10)12(13)14/h8-12,15H,2-7H2,1H3/t8?,9-,10?,11+/m1/s1. The van der Waals surface area contributed by atoms with E-state index < -0.39 is 6.43 Å². The monoisotopic (exact) mass is 249 g/mol. The zero-order valence-electron chi connectivity index (χ0n) is 9.79. The Hall–Kier alpha value is 0.170. The first-order chi connectivity index (χ1) is 7.69. The van der Waals surface area contributed by atoms with E-state index in [0.717, 1.165) is 5.25 Å². The van der Waals surface area contributed by atoms with Gasteiger partial charge in [0.25, 0.3) is 0 Å². The number of hydrogen-bond acceptors (Lipinski definition) is 2. The van der Waals surface area contributed by atoms with E-state index in [4.69, 9.17) is 0 Å². The molecule has 0 aromatic heterocycles. The van der Waals surface area contributed by atoms with E-state index >= 15 is 0 Å². The molecule has 0 heterocycles. The molecule has 1 N–H and O–H groups in total. The van der Waals surface area contributed by atoms with E-state index in [1.165, 1.54) is 25.7 Å². The molecule has 16 heavy (non-hydrogen) atoms. The van der Waals surface area contributed by atoms with E-state index in [1.54, 1.807) is 0 Å². The first kappa shape index (κ1) is 12.6. The van der Waals surface area contributed by atoms with Gasteiger partial charge in [0.15, 0.2) is 0 Å². The summed E-state index contributed by atoms with van der Waals surface area (Å²) in [6.07, 6.45) is 6.48. The summed E-state index contributed by atoms with van der Waals surface area (Å²) in [7, 11) is 0. The van der Waals surface area contributed by atoms with Crippen LogP contribution in [0.25, 0.3) is 0 Å². The summed E-state index contributed by atoms with van der Waals surface area (Å²) >= 11 is 1.95. The highest BCUT2D eigenvalue weighted by Crippen LogP contribution is 2.34. The molecule has 0 spiro atoms. The van der Waals surface area contributed by atoms with Crippen LogP contribution in [0, 0.1) is 5.92 Å². The molecule has 0 aromatic carbocycles. The molecule has 2 saturated carbocycles. The van der Waals surface area contributed by atoms with Crippen LogP contribution in [0.4, 0.5) is 8.78 Å². The van der Waals surface area contributed by atoms with Crippen molar-refractivity contribution in [2.45, 2.75) is 62.3 Å². The molecular formula is C12H21F2NS. The molecule has 0 saturated heterocycles. The van der Waals surface area contributed by atoms with Gasteiger partial charge in [-0.2, -0.15) is 11.8 Å². The van der Waals surface area contributed by atoms with Crippen LogP contribution in [0.15, 0.2) is 0 Å². The molecule has 2 aliphatic rings. The number of halogens is 2. The van der Waals surface area contributed by atoms with E-state index in [-0.39, 0.29) is 5.92 Å². The third kappa shape index (κ3) is 3.10. The fourth-order valence-corrected chi connectivity index (χ4v) is 3.67. The number of nitrogens with one attached hydrogen (secondary N) is 1. The fourth-order valence-electron chi connectivity index (χ4n) is 2.85. The highest BCUT2D eigenvalue weighted by molar-refractivity contribution is 7.99. The summed E-state index contributed by atoms with van der Waals surface area (Å²) in [6, 6.07) is 0.944. The maximum atomic E-state index is 12.3. The average molecular weight is 249 g/mol. The third-order valence-electron chi connectivity index (χ3n) is 3.96. The zero-order valence-corrected chi connectivity index (χ0v) is 10.6. The van der Waals surface area contributed by atoms with Crippen LogP contribution in [0.5, 0.6) is 0 Å². The van der Waals surface area contributed by atoms with Crippen molar-refractivity contribution in [1.29, 1.82) is 0 Å². The van der Waals surface area contributed by atoms with Gasteiger partial charge < -0.3 is 5.32 Å². The maximum absolute atomic E-state index is 12.3. The number of rotatable bonds is 4. The van der Waals surface area contributed by atoms with Crippen LogP contribution in [0.3, 0.4) is 0 Å². The van der Waals surface area contributed by atoms with Crippen LogP contribution in [-0.2, 0) is 0 Å². The predicted molar refractivity (Wildman–Crippen MR) is 65.2 cm³/mol. The second-order valence-electron chi connectivity index (χ2n) is 5.15. The van der Waals surface area contributed by atoms with Gasteiger partial charge in [-0.15, -0.1) is 0 Å². The Balaban J connectivity index is 1.67. The summed E-state index contributed by atoms with van der Waals surface area (Å²) in [5.74, 6) is -0.336. The van der Waals surface area contributed by atoms with Gasteiger partial charge in [-0.25, -0.2) is 8.78 Å². The van der Waals surface area contributed by atoms with Crippen molar-refractivity contribution in [3.63, 3.8) is 0 Å². The van der Waals surface area contributed by atoms with Crippen LogP contribution in [0.1, 0.15) is 38.5 Å². The van der Waals surface area contributed by atoms with Crippen LogP contribution < -0.4 is 5.32 Å². The van der Waals surface area contributed by atoms with Crippen LogP contribution in [0.2, 0.25) is 0 Å². The minimum Gasteiger partial charge on any atom is -0.311 e. The largest absolute Gasteiger partial charge is 0.311 e. The Bertz CT molecular complexity index is 219. The Morgan fingerprint density at radius 2 is 1.88 bits per heavy atom. The Labute approximate surface area is 101 Å². The minimum atomic E-state index is -2.11. The molecule has 0 radical (unpaired) electrons. The van der Waals surface area contributed by atoms with Crippen LogP contribution >= 0.6 is 11.8 Å². The maximum Gasteiger partial charge on any atom is 0.241 e. The summed E-state index contributed by atoms with van der Waals surface area (Å²) in [5, 5.41) is 4.33. The molecule has 2 rings (SSSR count). The third-order valence-corrected chi connectivity index (χ3v) is 5.06. The van der Waals surface area contributed by atoms with Gasteiger partial charge in [0, 0.05) is 23.3 Å². The summed E-state index contributed by atoms with van der Waals surface area (Å²) in [6.45, 7) is 0. The molecule has 2 aliphatic carbocycles. The van der Waals surface area contributed by atoms with Gasteiger partial charge in [0.05, 0.1) is 0 Å². The lowest BCUT2D eigenvalue weighted by atomic mass is 9.79. The second kappa shape index (κ2) is 5.67. The summed E-state index contributed by atoms with van der Waals surface area (Å²) in [5.41, 5.74) is 0. The molecule has 2 fully saturated rings. The van der Waals surface area contributed by atoms with Gasteiger partial charge in [0.2, 0.25) is 6.43 Å². The first-order valence-corrected chi connectivity index (χ1v) is 7.54. The lowest BCUT2D eigenvalue weighted by Gasteiger charge is -2.40. The van der Waals surface area contributed by atoms with E-state index in [0.29, 0.717) is 24.9 Å². The molecule has 0 aliphatic heterocycles. The van der Waals surface area contributed by atoms with Crippen LogP contribution in [-0.4, -0.2) is 30.0 Å². The van der Waals surface area contributed by atoms with Crippen molar-refractivity contribution >= 4 is 11.8 Å². The lowest BCUT2D eigenvalue weighted by Crippen LogP contribution is -2.49. The predicted octanol–water partition coefficient (Wildman–Crippen LogP) is 3.29. The van der Waals surface area contributed by atoms with Gasteiger partial charge in [-0.3, -0.25) is 0 Å². The summed E-state index contributed by atoms with van der Waals surface area (Å²) < 4.78 is 24.6. The highest BCUT2D eigenvalue weighted by Gasteiger charge is 2.36. The molecule has 1 nitrogen and oxygen atoms in total. The van der Waals surface area contributed by atoms with Gasteiger partial charge in [-0.1, -0.05) is 6.42 Å². The topological polar surface area (TPSA) is 12.0 Å². The molecule has 0 aromatic rings. The lowest BCUT2D eigenvalue weighted by molar-refractivity contribution is 0.0123. The average Bonchev–Trinajstić information content (AvgIpc) is 2.22. The van der Waals surface area contributed by atoms with Gasteiger partial charge in [-0.05, 0) is 38.4 Å². The van der Waals surface area contributed by atoms with Crippen molar-refractivity contribution in [2.75, 3.05) is 6.26 Å². The fraction of sp³-hybridized carbons (Fsp3) is 1.00. The first-order valence-electron chi connectivity index (χ1n) is 6.26. The molecule has 0 bridgehead atoms. The quantitative estimate of drug-likeness (QED) is 0.820. The normalized spacial score (nSPS) is 39.8. The van der Waals surface area contributed by atoms with Crippen molar-refractivity contribution < 1.29 is 8.78 Å². The second-order valence-corrected chi connectivity index (χ2v) is 6.29. The van der Waals surface area contributed by atoms with Crippen molar-refractivity contribution in [2.24, 2.45) is 5.92 Å². The molecular weight excluding hydrogens is 228 g/mol. The SMILES string of the molecule is CS[C@H]1CCC[C@@H](NC2CC(C(F)F)C2)C1. The number of hydrogen-bond donors (Lipinski definition) is 1. The minimum absolute atomic E-state index is 0.336. The van der Waals surface area contributed by atoms with Gasteiger partial charge >= 0.3 is 0 Å². The van der Waals surface area contributed by atoms with Crippen molar-refractivity contribution in [1.82, 2.24) is 5.32 Å². The molecule has 94 valence electrons. The molecule has 0 amide bonds. The molecule has 2 atom stereocenters. The van der Waals surface area contributed by atoms with Crippen molar-refractivity contribution in [3.8, 4) is 0 Å².